The monoisotopic (exact) mass is 661 g/mol. The molecule has 1 heterocycles. The molecule has 0 fully saturated rings. The molecule has 0 amide bonds. The molecular weight excluding hydrogens is 631 g/mol. The molecule has 0 aliphatic rings. The van der Waals surface area contributed by atoms with Crippen LogP contribution < -0.4 is 0 Å². The Morgan fingerprint density at radius 3 is 1.60 bits per heavy atom. The summed E-state index contributed by atoms with van der Waals surface area (Å²) in [5, 5.41) is 9.60. The number of hydrogen-bond acceptors (Lipinski definition) is 3. The van der Waals surface area contributed by atoms with Gasteiger partial charge in [-0.05, 0) is 89.6 Å². The maximum Gasteiger partial charge on any atom is 0.164 e. The summed E-state index contributed by atoms with van der Waals surface area (Å²) in [6.45, 7) is 0. The van der Waals surface area contributed by atoms with Gasteiger partial charge in [0.25, 0.3) is 0 Å². The molecule has 0 saturated carbocycles. The molecule has 3 nitrogen and oxygen atoms in total. The van der Waals surface area contributed by atoms with Gasteiger partial charge in [-0.1, -0.05) is 164 Å². The van der Waals surface area contributed by atoms with E-state index in [4.69, 9.17) is 15.0 Å². The van der Waals surface area contributed by atoms with E-state index in [-0.39, 0.29) is 0 Å². The maximum absolute atomic E-state index is 5.18. The fourth-order valence-corrected chi connectivity index (χ4v) is 7.49. The molecule has 1 aromatic heterocycles. The Hall–Kier alpha value is -6.97. The normalized spacial score (nSPS) is 11.5. The Kier molecular flexibility index (Phi) is 7.14. The molecule has 3 heteroatoms. The molecule has 10 rings (SSSR count). The number of nitrogens with zero attached hydrogens (tertiary/aromatic N) is 3. The van der Waals surface area contributed by atoms with Crippen LogP contribution in [0.3, 0.4) is 0 Å². The molecule has 52 heavy (non-hydrogen) atoms. The highest BCUT2D eigenvalue weighted by atomic mass is 15.0. The van der Waals surface area contributed by atoms with E-state index in [9.17, 15) is 0 Å². The van der Waals surface area contributed by atoms with Crippen LogP contribution in [-0.2, 0) is 0 Å². The summed E-state index contributed by atoms with van der Waals surface area (Å²) in [6.07, 6.45) is 0. The summed E-state index contributed by atoms with van der Waals surface area (Å²) in [6, 6.07) is 66.5. The molecule has 0 aliphatic carbocycles. The van der Waals surface area contributed by atoms with E-state index in [0.717, 1.165) is 38.6 Å². The minimum absolute atomic E-state index is 0.642. The minimum atomic E-state index is 0.642. The smallest absolute Gasteiger partial charge is 0.164 e. The van der Waals surface area contributed by atoms with Crippen molar-refractivity contribution in [3.63, 3.8) is 0 Å². The van der Waals surface area contributed by atoms with Gasteiger partial charge in [-0.25, -0.2) is 15.0 Å². The zero-order valence-electron chi connectivity index (χ0n) is 28.2. The summed E-state index contributed by atoms with van der Waals surface area (Å²) >= 11 is 0. The number of hydrogen-bond donors (Lipinski definition) is 0. The molecule has 0 saturated heterocycles. The van der Waals surface area contributed by atoms with Crippen LogP contribution in [0.2, 0.25) is 0 Å². The zero-order chi connectivity index (χ0) is 34.4. The van der Waals surface area contributed by atoms with Crippen molar-refractivity contribution in [3.05, 3.63) is 188 Å². The average Bonchev–Trinajstić information content (AvgIpc) is 3.23. The summed E-state index contributed by atoms with van der Waals surface area (Å²) in [5.74, 6) is 1.95. The Balaban J connectivity index is 1.08. The van der Waals surface area contributed by atoms with Crippen LogP contribution >= 0.6 is 0 Å². The number of rotatable bonds is 5. The van der Waals surface area contributed by atoms with Crippen LogP contribution in [0, 0.1) is 0 Å². The lowest BCUT2D eigenvalue weighted by atomic mass is 9.94. The van der Waals surface area contributed by atoms with Gasteiger partial charge in [0, 0.05) is 16.7 Å². The second kappa shape index (κ2) is 12.4. The summed E-state index contributed by atoms with van der Waals surface area (Å²) in [5.41, 5.74) is 7.60. The van der Waals surface area contributed by atoms with Crippen LogP contribution in [0.15, 0.2) is 188 Å². The van der Waals surface area contributed by atoms with Crippen molar-refractivity contribution in [1.29, 1.82) is 0 Å². The Morgan fingerprint density at radius 1 is 0.231 bits per heavy atom. The summed E-state index contributed by atoms with van der Waals surface area (Å²) in [7, 11) is 0. The first-order valence-electron chi connectivity index (χ1n) is 17.6. The zero-order valence-corrected chi connectivity index (χ0v) is 28.2. The quantitative estimate of drug-likeness (QED) is 0.172. The highest BCUT2D eigenvalue weighted by molar-refractivity contribution is 6.13. The van der Waals surface area contributed by atoms with E-state index in [1.54, 1.807) is 0 Å². The van der Waals surface area contributed by atoms with Crippen LogP contribution in [-0.4, -0.2) is 15.0 Å². The van der Waals surface area contributed by atoms with Gasteiger partial charge < -0.3 is 0 Å². The minimum Gasteiger partial charge on any atom is -0.208 e. The molecule has 0 bridgehead atoms. The summed E-state index contributed by atoms with van der Waals surface area (Å²) < 4.78 is 0. The molecule has 0 N–H and O–H groups in total. The SMILES string of the molecule is c1ccc(-c2nc(-c3cccc(-c4ccc5cc(-c6cccc7ccccc67)ccc5c4)c3)nc(-c3cc4ccccc4c4ccccc34)n2)cc1. The fourth-order valence-electron chi connectivity index (χ4n) is 7.49. The first-order valence-corrected chi connectivity index (χ1v) is 17.6. The first kappa shape index (κ1) is 29.9. The van der Waals surface area contributed by atoms with Gasteiger partial charge in [0.2, 0.25) is 0 Å². The number of aromatic nitrogens is 3. The molecular formula is C49H31N3. The summed E-state index contributed by atoms with van der Waals surface area (Å²) in [4.78, 5) is 15.3. The van der Waals surface area contributed by atoms with Crippen molar-refractivity contribution in [2.24, 2.45) is 0 Å². The van der Waals surface area contributed by atoms with Gasteiger partial charge >= 0.3 is 0 Å². The molecule has 0 aliphatic heterocycles. The van der Waals surface area contributed by atoms with Gasteiger partial charge in [-0.3, -0.25) is 0 Å². The third-order valence-electron chi connectivity index (χ3n) is 10.1. The predicted octanol–water partition coefficient (Wildman–Crippen LogP) is 12.8. The maximum atomic E-state index is 5.18. The van der Waals surface area contributed by atoms with Crippen molar-refractivity contribution in [1.82, 2.24) is 15.0 Å². The number of fused-ring (bicyclic) bond motifs is 5. The van der Waals surface area contributed by atoms with Gasteiger partial charge in [0.05, 0.1) is 0 Å². The van der Waals surface area contributed by atoms with Crippen molar-refractivity contribution in [3.8, 4) is 56.4 Å². The third-order valence-corrected chi connectivity index (χ3v) is 10.1. The standard InChI is InChI=1S/C49H31N3/c1-2-13-33(14-3-1)47-50-48(52-49(51-47)46-31-38-15-5-7-20-43(38)44-21-8-9-22-45(44)46)40-18-10-17-34(30-40)35-24-25-37-29-39(27-26-36(37)28-35)42-23-11-16-32-12-4-6-19-41(32)42/h1-31H. The molecule has 242 valence electrons. The van der Waals surface area contributed by atoms with Crippen LogP contribution in [0.25, 0.3) is 99.5 Å². The largest absolute Gasteiger partial charge is 0.208 e. The third kappa shape index (κ3) is 5.28. The van der Waals surface area contributed by atoms with Gasteiger partial charge in [-0.2, -0.15) is 0 Å². The van der Waals surface area contributed by atoms with Crippen molar-refractivity contribution in [2.45, 2.75) is 0 Å². The van der Waals surface area contributed by atoms with Crippen LogP contribution in [0.1, 0.15) is 0 Å². The lowest BCUT2D eigenvalue weighted by Crippen LogP contribution is -2.01. The lowest BCUT2D eigenvalue weighted by Gasteiger charge is -2.13. The van der Waals surface area contributed by atoms with Crippen LogP contribution in [0.4, 0.5) is 0 Å². The number of benzene rings is 9. The Labute approximate surface area is 301 Å². The fraction of sp³-hybridized carbons (Fsp3) is 0. The molecule has 10 aromatic rings. The molecule has 0 unspecified atom stereocenters. The molecule has 9 aromatic carbocycles. The van der Waals surface area contributed by atoms with Crippen molar-refractivity contribution < 1.29 is 0 Å². The van der Waals surface area contributed by atoms with E-state index in [0.29, 0.717) is 17.5 Å². The van der Waals surface area contributed by atoms with Crippen LogP contribution in [0.5, 0.6) is 0 Å². The molecule has 0 radical (unpaired) electrons. The van der Waals surface area contributed by atoms with Gasteiger partial charge in [0.1, 0.15) is 0 Å². The van der Waals surface area contributed by atoms with Gasteiger partial charge in [-0.15, -0.1) is 0 Å². The highest BCUT2D eigenvalue weighted by Gasteiger charge is 2.16. The van der Waals surface area contributed by atoms with E-state index in [1.165, 1.54) is 43.4 Å². The molecule has 0 atom stereocenters. The highest BCUT2D eigenvalue weighted by Crippen LogP contribution is 2.36. The van der Waals surface area contributed by atoms with Crippen molar-refractivity contribution in [2.75, 3.05) is 0 Å². The Morgan fingerprint density at radius 2 is 0.769 bits per heavy atom. The van der Waals surface area contributed by atoms with Gasteiger partial charge in [0.15, 0.2) is 17.5 Å². The Bertz CT molecular complexity index is 2960. The van der Waals surface area contributed by atoms with E-state index >= 15 is 0 Å². The lowest BCUT2D eigenvalue weighted by molar-refractivity contribution is 1.08. The predicted molar refractivity (Wildman–Crippen MR) is 217 cm³/mol. The van der Waals surface area contributed by atoms with Crippen molar-refractivity contribution >= 4 is 43.1 Å². The average molecular weight is 662 g/mol. The second-order valence-electron chi connectivity index (χ2n) is 13.2. The van der Waals surface area contributed by atoms with E-state index in [2.05, 4.69) is 170 Å². The molecule has 0 spiro atoms. The topological polar surface area (TPSA) is 38.7 Å². The van der Waals surface area contributed by atoms with E-state index < -0.39 is 0 Å². The van der Waals surface area contributed by atoms with E-state index in [1.807, 2.05) is 18.2 Å². The first-order chi connectivity index (χ1) is 25.7. The second-order valence-corrected chi connectivity index (χ2v) is 13.2.